The van der Waals surface area contributed by atoms with Crippen molar-refractivity contribution in [2.24, 2.45) is 0 Å². The van der Waals surface area contributed by atoms with Gasteiger partial charge in [-0.05, 0) is 30.2 Å². The molecule has 0 bridgehead atoms. The Morgan fingerprint density at radius 2 is 1.58 bits per heavy atom. The Labute approximate surface area is 140 Å². The van der Waals surface area contributed by atoms with Gasteiger partial charge in [0.25, 0.3) is 0 Å². The molecule has 0 amide bonds. The van der Waals surface area contributed by atoms with Gasteiger partial charge in [-0.2, -0.15) is 4.98 Å². The highest BCUT2D eigenvalue weighted by Gasteiger charge is 2.03. The van der Waals surface area contributed by atoms with Gasteiger partial charge in [-0.3, -0.25) is 0 Å². The topological polar surface area (TPSA) is 49.8 Å². The highest BCUT2D eigenvalue weighted by molar-refractivity contribution is 5.41. The Morgan fingerprint density at radius 3 is 2.38 bits per heavy atom. The van der Waals surface area contributed by atoms with E-state index in [9.17, 15) is 4.39 Å². The zero-order chi connectivity index (χ0) is 16.8. The average molecular weight is 322 g/mol. The third-order valence-corrected chi connectivity index (χ3v) is 3.77. The van der Waals surface area contributed by atoms with Gasteiger partial charge in [-0.15, -0.1) is 0 Å². The first kappa shape index (κ1) is 15.9. The van der Waals surface area contributed by atoms with E-state index < -0.39 is 0 Å². The van der Waals surface area contributed by atoms with E-state index in [0.717, 1.165) is 0 Å². The molecule has 0 radical (unpaired) electrons. The largest absolute Gasteiger partial charge is 0.366 e. The van der Waals surface area contributed by atoms with Crippen molar-refractivity contribution in [3.63, 3.8) is 0 Å². The van der Waals surface area contributed by atoms with Crippen molar-refractivity contribution in [2.75, 3.05) is 10.6 Å². The molecule has 1 heterocycles. The number of nitrogens with one attached hydrogen (secondary N) is 2. The number of aromatic nitrogens is 2. The summed E-state index contributed by atoms with van der Waals surface area (Å²) in [5.74, 6) is 0.967. The van der Waals surface area contributed by atoms with Crippen LogP contribution in [-0.2, 0) is 13.1 Å². The summed E-state index contributed by atoms with van der Waals surface area (Å²) in [7, 11) is 0. The van der Waals surface area contributed by atoms with Crippen molar-refractivity contribution in [2.45, 2.75) is 20.0 Å². The van der Waals surface area contributed by atoms with Crippen LogP contribution in [-0.4, -0.2) is 9.97 Å². The van der Waals surface area contributed by atoms with Crippen LogP contribution in [0.25, 0.3) is 0 Å². The van der Waals surface area contributed by atoms with Crippen LogP contribution in [0.4, 0.5) is 16.2 Å². The lowest BCUT2D eigenvalue weighted by atomic mass is 10.1. The third kappa shape index (κ3) is 4.07. The van der Waals surface area contributed by atoms with Crippen LogP contribution in [0.3, 0.4) is 0 Å². The van der Waals surface area contributed by atoms with E-state index in [-0.39, 0.29) is 5.82 Å². The number of hydrogen-bond acceptors (Lipinski definition) is 4. The van der Waals surface area contributed by atoms with Crippen molar-refractivity contribution in [1.29, 1.82) is 0 Å². The number of rotatable bonds is 6. The molecule has 4 nitrogen and oxygen atoms in total. The molecule has 3 aromatic rings. The van der Waals surface area contributed by atoms with Crippen molar-refractivity contribution >= 4 is 11.8 Å². The molecule has 1 aromatic heterocycles. The lowest BCUT2D eigenvalue weighted by molar-refractivity contribution is 0.613. The lowest BCUT2D eigenvalue weighted by Crippen LogP contribution is -2.08. The summed E-state index contributed by atoms with van der Waals surface area (Å²) in [6, 6.07) is 16.6. The Morgan fingerprint density at radius 1 is 0.875 bits per heavy atom. The second-order valence-electron chi connectivity index (χ2n) is 5.49. The summed E-state index contributed by atoms with van der Waals surface area (Å²) < 4.78 is 13.6. The van der Waals surface area contributed by atoms with Gasteiger partial charge in [0.05, 0.1) is 0 Å². The fraction of sp³-hybridized carbons (Fsp3) is 0.158. The van der Waals surface area contributed by atoms with Crippen LogP contribution in [0.1, 0.15) is 16.7 Å². The SMILES string of the molecule is Cc1ccccc1CNc1nccc(NCc2ccccc2F)n1. The molecule has 5 heteroatoms. The molecule has 122 valence electrons. The Balaban J connectivity index is 1.62. The quantitative estimate of drug-likeness (QED) is 0.716. The van der Waals surface area contributed by atoms with Crippen molar-refractivity contribution < 1.29 is 4.39 Å². The van der Waals surface area contributed by atoms with Gasteiger partial charge in [0.15, 0.2) is 0 Å². The van der Waals surface area contributed by atoms with Gasteiger partial charge in [-0.1, -0.05) is 42.5 Å². The lowest BCUT2D eigenvalue weighted by Gasteiger charge is -2.10. The summed E-state index contributed by atoms with van der Waals surface area (Å²) in [6.45, 7) is 3.11. The van der Waals surface area contributed by atoms with Crippen LogP contribution in [0.15, 0.2) is 60.8 Å². The van der Waals surface area contributed by atoms with Gasteiger partial charge < -0.3 is 10.6 Å². The standard InChI is InChI=1S/C19H19FN4/c1-14-6-2-3-7-15(14)12-23-19-21-11-10-18(24-19)22-13-16-8-4-5-9-17(16)20/h2-11H,12-13H2,1H3,(H2,21,22,23,24). The summed E-state index contributed by atoms with van der Waals surface area (Å²) in [5.41, 5.74) is 3.02. The molecule has 0 aliphatic heterocycles. The highest BCUT2D eigenvalue weighted by atomic mass is 19.1. The minimum absolute atomic E-state index is 0.225. The third-order valence-electron chi connectivity index (χ3n) is 3.77. The van der Waals surface area contributed by atoms with Crippen LogP contribution < -0.4 is 10.6 Å². The molecule has 0 fully saturated rings. The molecule has 0 atom stereocenters. The molecule has 2 aromatic carbocycles. The first-order valence-corrected chi connectivity index (χ1v) is 7.81. The van der Waals surface area contributed by atoms with Crippen molar-refractivity contribution in [3.05, 3.63) is 83.3 Å². The summed E-state index contributed by atoms with van der Waals surface area (Å²) in [4.78, 5) is 8.63. The highest BCUT2D eigenvalue weighted by Crippen LogP contribution is 2.12. The predicted octanol–water partition coefficient (Wildman–Crippen LogP) is 4.15. The van der Waals surface area contributed by atoms with Crippen LogP contribution >= 0.6 is 0 Å². The minimum atomic E-state index is -0.225. The maximum absolute atomic E-state index is 13.6. The minimum Gasteiger partial charge on any atom is -0.366 e. The van der Waals surface area contributed by atoms with Crippen LogP contribution in [0.5, 0.6) is 0 Å². The van der Waals surface area contributed by atoms with Gasteiger partial charge >= 0.3 is 0 Å². The van der Waals surface area contributed by atoms with Crippen molar-refractivity contribution in [1.82, 2.24) is 9.97 Å². The smallest absolute Gasteiger partial charge is 0.224 e. The monoisotopic (exact) mass is 322 g/mol. The van der Waals surface area contributed by atoms with E-state index >= 15 is 0 Å². The number of benzene rings is 2. The number of halogens is 1. The maximum atomic E-state index is 13.6. The first-order chi connectivity index (χ1) is 11.7. The Hall–Kier alpha value is -2.95. The first-order valence-electron chi connectivity index (χ1n) is 7.81. The zero-order valence-corrected chi connectivity index (χ0v) is 13.5. The van der Waals surface area contributed by atoms with Crippen LogP contribution in [0, 0.1) is 12.7 Å². The molecular formula is C19H19FN4. The van der Waals surface area contributed by atoms with Gasteiger partial charge in [-0.25, -0.2) is 9.37 Å². The summed E-state index contributed by atoms with van der Waals surface area (Å²) in [5, 5.41) is 6.34. The fourth-order valence-electron chi connectivity index (χ4n) is 2.35. The van der Waals surface area contributed by atoms with E-state index in [0.29, 0.717) is 30.4 Å². The molecule has 0 spiro atoms. The number of anilines is 2. The normalized spacial score (nSPS) is 10.4. The van der Waals surface area contributed by atoms with Gasteiger partial charge in [0.2, 0.25) is 5.95 Å². The second-order valence-corrected chi connectivity index (χ2v) is 5.49. The average Bonchev–Trinajstić information content (AvgIpc) is 2.61. The number of hydrogen-bond donors (Lipinski definition) is 2. The van der Waals surface area contributed by atoms with E-state index in [1.165, 1.54) is 17.2 Å². The molecule has 0 aliphatic rings. The van der Waals surface area contributed by atoms with Crippen molar-refractivity contribution in [3.8, 4) is 0 Å². The number of aryl methyl sites for hydroxylation is 1. The van der Waals surface area contributed by atoms with E-state index in [1.54, 1.807) is 24.4 Å². The molecule has 0 aliphatic carbocycles. The molecule has 0 unspecified atom stereocenters. The van der Waals surface area contributed by atoms with Crippen LogP contribution in [0.2, 0.25) is 0 Å². The molecule has 0 saturated carbocycles. The molecule has 3 rings (SSSR count). The number of nitrogens with zero attached hydrogens (tertiary/aromatic N) is 2. The van der Waals surface area contributed by atoms with E-state index in [4.69, 9.17) is 0 Å². The molecular weight excluding hydrogens is 303 g/mol. The van der Waals surface area contributed by atoms with Gasteiger partial charge in [0.1, 0.15) is 11.6 Å². The van der Waals surface area contributed by atoms with Gasteiger partial charge in [0, 0.05) is 24.8 Å². The summed E-state index contributed by atoms with van der Waals surface area (Å²) in [6.07, 6.45) is 1.68. The Bertz CT molecular complexity index is 755. The van der Waals surface area contributed by atoms with E-state index in [2.05, 4.69) is 39.7 Å². The second kappa shape index (κ2) is 7.55. The van der Waals surface area contributed by atoms with E-state index in [1.807, 2.05) is 18.2 Å². The molecule has 24 heavy (non-hydrogen) atoms. The molecule has 2 N–H and O–H groups in total. The zero-order valence-electron chi connectivity index (χ0n) is 13.5. The predicted molar refractivity (Wildman–Crippen MR) is 94.3 cm³/mol. The maximum Gasteiger partial charge on any atom is 0.224 e. The fourth-order valence-corrected chi connectivity index (χ4v) is 2.35. The Kier molecular flexibility index (Phi) is 5.01. The molecule has 0 saturated heterocycles. The summed E-state index contributed by atoms with van der Waals surface area (Å²) >= 11 is 0.